The predicted octanol–water partition coefficient (Wildman–Crippen LogP) is 4.74. The summed E-state index contributed by atoms with van der Waals surface area (Å²) in [5, 5.41) is 3.79. The lowest BCUT2D eigenvalue weighted by Gasteiger charge is -2.37. The van der Waals surface area contributed by atoms with Crippen molar-refractivity contribution in [2.45, 2.75) is 77.6 Å². The highest BCUT2D eigenvalue weighted by atomic mass is 19.4. The van der Waals surface area contributed by atoms with Gasteiger partial charge >= 0.3 is 6.18 Å². The summed E-state index contributed by atoms with van der Waals surface area (Å²) in [6.45, 7) is 10.1. The number of halogens is 3. The zero-order chi connectivity index (χ0) is 25.4. The SMILES string of the molecule is CCC.CCC1COCCC1NC1CCC(C(=O)N2CCN(c3cc(C(F)(F)F)ccn3)CC2)C1. The Labute approximate surface area is 207 Å². The van der Waals surface area contributed by atoms with Gasteiger partial charge in [-0.15, -0.1) is 0 Å². The molecule has 4 rings (SSSR count). The highest BCUT2D eigenvalue weighted by molar-refractivity contribution is 5.79. The minimum atomic E-state index is -4.38. The Bertz CT molecular complexity index is 799. The normalized spacial score (nSPS) is 27.4. The molecule has 2 saturated heterocycles. The van der Waals surface area contributed by atoms with Gasteiger partial charge in [0, 0.05) is 57.0 Å². The number of hydrogen-bond acceptors (Lipinski definition) is 5. The van der Waals surface area contributed by atoms with Gasteiger partial charge in [-0.25, -0.2) is 4.98 Å². The Kier molecular flexibility index (Phi) is 10.2. The number of carbonyl (C=O) groups is 1. The van der Waals surface area contributed by atoms with Crippen molar-refractivity contribution < 1.29 is 22.7 Å². The molecule has 1 N–H and O–H groups in total. The van der Waals surface area contributed by atoms with Gasteiger partial charge in [0.25, 0.3) is 0 Å². The second-order valence-corrected chi connectivity index (χ2v) is 9.93. The van der Waals surface area contributed by atoms with Gasteiger partial charge < -0.3 is 19.9 Å². The van der Waals surface area contributed by atoms with Gasteiger partial charge in [-0.2, -0.15) is 13.2 Å². The van der Waals surface area contributed by atoms with Crippen molar-refractivity contribution in [3.8, 4) is 0 Å². The van der Waals surface area contributed by atoms with Crippen molar-refractivity contribution in [3.05, 3.63) is 23.9 Å². The van der Waals surface area contributed by atoms with E-state index in [1.807, 2.05) is 9.80 Å². The molecule has 2 aliphatic heterocycles. The Hall–Kier alpha value is -1.87. The molecule has 0 radical (unpaired) electrons. The lowest BCUT2D eigenvalue weighted by molar-refractivity contribution is -0.137. The van der Waals surface area contributed by atoms with Crippen LogP contribution in [-0.4, -0.2) is 67.3 Å². The van der Waals surface area contributed by atoms with E-state index in [4.69, 9.17) is 4.74 Å². The van der Waals surface area contributed by atoms with Crippen molar-refractivity contribution in [1.29, 1.82) is 0 Å². The molecule has 4 unspecified atom stereocenters. The molecule has 3 fully saturated rings. The van der Waals surface area contributed by atoms with E-state index in [2.05, 4.69) is 31.1 Å². The lowest BCUT2D eigenvalue weighted by Crippen LogP contribution is -2.50. The number of ether oxygens (including phenoxy) is 1. The lowest BCUT2D eigenvalue weighted by atomic mass is 9.92. The van der Waals surface area contributed by atoms with Crippen LogP contribution in [0.4, 0.5) is 19.0 Å². The fourth-order valence-electron chi connectivity index (χ4n) is 5.26. The number of piperazine rings is 1. The van der Waals surface area contributed by atoms with Gasteiger partial charge in [0.1, 0.15) is 5.82 Å². The highest BCUT2D eigenvalue weighted by Crippen LogP contribution is 2.32. The zero-order valence-electron chi connectivity index (χ0n) is 21.3. The Balaban J connectivity index is 0.00000108. The third kappa shape index (κ3) is 7.56. The van der Waals surface area contributed by atoms with E-state index in [9.17, 15) is 18.0 Å². The molecular weight excluding hydrogens is 457 g/mol. The minimum absolute atomic E-state index is 0.0330. The van der Waals surface area contributed by atoms with Gasteiger partial charge in [-0.05, 0) is 50.2 Å². The predicted molar refractivity (Wildman–Crippen MR) is 131 cm³/mol. The topological polar surface area (TPSA) is 57.7 Å². The quantitative estimate of drug-likeness (QED) is 0.636. The van der Waals surface area contributed by atoms with Crippen LogP contribution in [0.1, 0.15) is 64.9 Å². The Morgan fingerprint density at radius 1 is 1.14 bits per heavy atom. The molecule has 4 atom stereocenters. The molecule has 0 aromatic carbocycles. The molecule has 3 heterocycles. The van der Waals surface area contributed by atoms with Crippen molar-refractivity contribution >= 4 is 11.7 Å². The van der Waals surface area contributed by atoms with Gasteiger partial charge in [-0.1, -0.05) is 27.2 Å². The second-order valence-electron chi connectivity index (χ2n) is 9.93. The van der Waals surface area contributed by atoms with Gasteiger partial charge in [0.2, 0.25) is 5.91 Å². The van der Waals surface area contributed by atoms with Crippen LogP contribution in [0.15, 0.2) is 18.3 Å². The second kappa shape index (κ2) is 12.9. The van der Waals surface area contributed by atoms with E-state index in [0.717, 1.165) is 57.5 Å². The zero-order valence-corrected chi connectivity index (χ0v) is 21.3. The number of aromatic nitrogens is 1. The molecule has 1 amide bonds. The van der Waals surface area contributed by atoms with Gasteiger partial charge in [0.15, 0.2) is 0 Å². The maximum atomic E-state index is 13.1. The van der Waals surface area contributed by atoms with Crippen LogP contribution in [0, 0.1) is 11.8 Å². The molecule has 1 aromatic heterocycles. The van der Waals surface area contributed by atoms with Gasteiger partial charge in [-0.3, -0.25) is 4.79 Å². The number of pyridine rings is 1. The summed E-state index contributed by atoms with van der Waals surface area (Å²) in [6.07, 6.45) is 2.95. The van der Waals surface area contributed by atoms with E-state index >= 15 is 0 Å². The number of alkyl halides is 3. The maximum Gasteiger partial charge on any atom is 0.416 e. The summed E-state index contributed by atoms with van der Waals surface area (Å²) < 4.78 is 44.6. The Morgan fingerprint density at radius 3 is 2.51 bits per heavy atom. The third-order valence-corrected chi connectivity index (χ3v) is 7.22. The molecule has 9 heteroatoms. The summed E-state index contributed by atoms with van der Waals surface area (Å²) in [5.41, 5.74) is -0.694. The minimum Gasteiger partial charge on any atom is -0.381 e. The van der Waals surface area contributed by atoms with E-state index in [0.29, 0.717) is 50.0 Å². The van der Waals surface area contributed by atoms with Crippen LogP contribution < -0.4 is 10.2 Å². The first-order valence-electron chi connectivity index (χ1n) is 13.2. The van der Waals surface area contributed by atoms with Crippen LogP contribution in [0.2, 0.25) is 0 Å². The van der Waals surface area contributed by atoms with Crippen LogP contribution in [0.5, 0.6) is 0 Å². The van der Waals surface area contributed by atoms with Crippen molar-refractivity contribution in [2.24, 2.45) is 11.8 Å². The fourth-order valence-corrected chi connectivity index (χ4v) is 5.26. The number of amides is 1. The number of anilines is 1. The standard InChI is InChI=1S/C23H33F3N4O2.C3H8/c1-2-16-15-32-12-6-20(16)28-19-4-3-17(13-19)22(31)30-10-8-29(9-11-30)21-14-18(5-7-27-21)23(24,25)26;1-3-2/h5,7,14,16-17,19-20,28H,2-4,6,8-13,15H2,1H3;3H2,1-2H3. The Morgan fingerprint density at radius 2 is 1.86 bits per heavy atom. The average molecular weight is 499 g/mol. The molecule has 1 aliphatic carbocycles. The first-order valence-corrected chi connectivity index (χ1v) is 13.2. The van der Waals surface area contributed by atoms with Crippen LogP contribution in [-0.2, 0) is 15.7 Å². The third-order valence-electron chi connectivity index (χ3n) is 7.22. The molecule has 0 bridgehead atoms. The number of rotatable bonds is 5. The van der Waals surface area contributed by atoms with E-state index in [1.165, 1.54) is 12.6 Å². The van der Waals surface area contributed by atoms with Crippen molar-refractivity contribution in [3.63, 3.8) is 0 Å². The molecular formula is C26H41F3N4O2. The first kappa shape index (κ1) is 27.7. The number of nitrogens with zero attached hydrogens (tertiary/aromatic N) is 3. The summed E-state index contributed by atoms with van der Waals surface area (Å²) in [4.78, 5) is 20.9. The molecule has 1 saturated carbocycles. The van der Waals surface area contributed by atoms with Crippen LogP contribution in [0.3, 0.4) is 0 Å². The average Bonchev–Trinajstić information content (AvgIpc) is 3.32. The molecule has 3 aliphatic rings. The summed E-state index contributed by atoms with van der Waals surface area (Å²) in [7, 11) is 0. The van der Waals surface area contributed by atoms with E-state index < -0.39 is 11.7 Å². The smallest absolute Gasteiger partial charge is 0.381 e. The van der Waals surface area contributed by atoms with E-state index in [1.54, 1.807) is 0 Å². The highest BCUT2D eigenvalue weighted by Gasteiger charge is 2.36. The van der Waals surface area contributed by atoms with Crippen molar-refractivity contribution in [1.82, 2.24) is 15.2 Å². The monoisotopic (exact) mass is 498 g/mol. The largest absolute Gasteiger partial charge is 0.416 e. The number of carbonyl (C=O) groups excluding carboxylic acids is 1. The number of hydrogen-bond donors (Lipinski definition) is 1. The van der Waals surface area contributed by atoms with Crippen LogP contribution in [0.25, 0.3) is 0 Å². The van der Waals surface area contributed by atoms with Gasteiger partial charge in [0.05, 0.1) is 12.2 Å². The summed E-state index contributed by atoms with van der Waals surface area (Å²) in [6, 6.07) is 2.91. The number of nitrogens with one attached hydrogen (secondary N) is 1. The maximum absolute atomic E-state index is 13.1. The van der Waals surface area contributed by atoms with Crippen LogP contribution >= 0.6 is 0 Å². The van der Waals surface area contributed by atoms with Crippen molar-refractivity contribution in [2.75, 3.05) is 44.3 Å². The molecule has 198 valence electrons. The summed E-state index contributed by atoms with van der Waals surface area (Å²) >= 11 is 0. The fraction of sp³-hybridized carbons (Fsp3) is 0.769. The molecule has 35 heavy (non-hydrogen) atoms. The van der Waals surface area contributed by atoms with E-state index in [-0.39, 0.29) is 11.8 Å². The molecule has 0 spiro atoms. The molecule has 6 nitrogen and oxygen atoms in total. The summed E-state index contributed by atoms with van der Waals surface area (Å²) in [5.74, 6) is 1.07. The first-order chi connectivity index (χ1) is 16.8. The molecule has 1 aromatic rings.